The van der Waals surface area contributed by atoms with Gasteiger partial charge in [0.25, 0.3) is 11.8 Å². The monoisotopic (exact) mass is 688 g/mol. The molecule has 2 fully saturated rings. The number of nitrogens with two attached hydrogens (primary N) is 1. The lowest BCUT2D eigenvalue weighted by molar-refractivity contribution is -0.136. The van der Waals surface area contributed by atoms with E-state index < -0.39 is 29.7 Å². The molecule has 0 radical (unpaired) electrons. The third-order valence-electron chi connectivity index (χ3n) is 9.96. The third kappa shape index (κ3) is 6.31. The maximum atomic E-state index is 13.5. The number of benzene rings is 3. The van der Waals surface area contributed by atoms with Gasteiger partial charge >= 0.3 is 0 Å². The number of carbonyl (C=O) groups is 5. The number of nitrogens with zero attached hydrogens (tertiary/aromatic N) is 4. The van der Waals surface area contributed by atoms with E-state index in [1.165, 1.54) is 6.07 Å². The van der Waals surface area contributed by atoms with E-state index >= 15 is 0 Å². The Labute approximate surface area is 293 Å². The second-order valence-electron chi connectivity index (χ2n) is 13.0. The van der Waals surface area contributed by atoms with Crippen molar-refractivity contribution in [2.75, 3.05) is 42.1 Å². The smallest absolute Gasteiger partial charge is 0.264 e. The highest BCUT2D eigenvalue weighted by Gasteiger charge is 2.45. The summed E-state index contributed by atoms with van der Waals surface area (Å²) in [5, 5.41) is 27.0. The van der Waals surface area contributed by atoms with E-state index in [4.69, 9.17) is 5.73 Å². The fraction of sp³-hybridized carbons (Fsp3) is 0.270. The summed E-state index contributed by atoms with van der Waals surface area (Å²) in [4.78, 5) is 67.1. The highest BCUT2D eigenvalue weighted by molar-refractivity contribution is 6.25. The second-order valence-corrected chi connectivity index (χ2v) is 13.0. The lowest BCUT2D eigenvalue weighted by Gasteiger charge is -2.43. The number of phenolic OH excluding ortho intramolecular Hbond substituents is 1. The van der Waals surface area contributed by atoms with E-state index in [-0.39, 0.29) is 53.4 Å². The molecule has 260 valence electrons. The quantitative estimate of drug-likeness (QED) is 0.162. The maximum absolute atomic E-state index is 13.5. The molecule has 3 aromatic carbocycles. The van der Waals surface area contributed by atoms with Gasteiger partial charge in [0, 0.05) is 42.7 Å². The van der Waals surface area contributed by atoms with Crippen molar-refractivity contribution in [1.82, 2.24) is 25.7 Å². The van der Waals surface area contributed by atoms with Gasteiger partial charge in [0.2, 0.25) is 17.7 Å². The van der Waals surface area contributed by atoms with Crippen LogP contribution in [0.4, 0.5) is 17.2 Å². The van der Waals surface area contributed by atoms with Crippen LogP contribution < -0.4 is 26.6 Å². The summed E-state index contributed by atoms with van der Waals surface area (Å²) in [7, 11) is 0. The molecule has 5 amide bonds. The molecule has 4 aromatic rings. The van der Waals surface area contributed by atoms with Crippen LogP contribution in [0.1, 0.15) is 52.0 Å². The van der Waals surface area contributed by atoms with Crippen LogP contribution in [0.3, 0.4) is 0 Å². The lowest BCUT2D eigenvalue weighted by Crippen LogP contribution is -2.54. The van der Waals surface area contributed by atoms with Crippen LogP contribution >= 0.6 is 0 Å². The minimum atomic E-state index is -1.09. The van der Waals surface area contributed by atoms with Gasteiger partial charge in [-0.1, -0.05) is 48.5 Å². The van der Waals surface area contributed by atoms with Crippen molar-refractivity contribution in [1.29, 1.82) is 0 Å². The highest BCUT2D eigenvalue weighted by atomic mass is 16.3. The second kappa shape index (κ2) is 13.5. The summed E-state index contributed by atoms with van der Waals surface area (Å²) < 4.78 is 0. The number of rotatable bonds is 9. The van der Waals surface area contributed by atoms with E-state index in [0.29, 0.717) is 49.4 Å². The molecule has 7 rings (SSSR count). The van der Waals surface area contributed by atoms with Crippen LogP contribution in [-0.2, 0) is 19.8 Å². The lowest BCUT2D eigenvalue weighted by atomic mass is 9.72. The predicted molar refractivity (Wildman–Crippen MR) is 188 cm³/mol. The number of amides is 5. The van der Waals surface area contributed by atoms with E-state index in [2.05, 4.69) is 43.2 Å². The van der Waals surface area contributed by atoms with Crippen LogP contribution in [-0.4, -0.2) is 82.0 Å². The number of hydrogen-bond donors (Lipinski definition) is 5. The number of aromatic hydroxyl groups is 1. The molecule has 14 heteroatoms. The van der Waals surface area contributed by atoms with Gasteiger partial charge in [-0.2, -0.15) is 0 Å². The molecule has 1 aromatic heterocycles. The number of imide groups is 2. The summed E-state index contributed by atoms with van der Waals surface area (Å²) in [5.74, 6) is -2.33. The number of para-hydroxylation sites is 1. The molecule has 2 saturated heterocycles. The average Bonchev–Trinajstić information content (AvgIpc) is 3.40. The van der Waals surface area contributed by atoms with E-state index in [1.807, 2.05) is 30.3 Å². The van der Waals surface area contributed by atoms with Crippen molar-refractivity contribution in [2.24, 2.45) is 0 Å². The van der Waals surface area contributed by atoms with Crippen LogP contribution in [0.5, 0.6) is 5.75 Å². The number of hydrogen-bond acceptors (Lipinski definition) is 11. The predicted octanol–water partition coefficient (Wildman–Crippen LogP) is 2.60. The minimum absolute atomic E-state index is 0.0210. The van der Waals surface area contributed by atoms with Gasteiger partial charge in [-0.15, -0.1) is 10.2 Å². The Kier molecular flexibility index (Phi) is 8.81. The summed E-state index contributed by atoms with van der Waals surface area (Å²) >= 11 is 0. The maximum Gasteiger partial charge on any atom is 0.264 e. The van der Waals surface area contributed by atoms with E-state index in [9.17, 15) is 29.1 Å². The summed E-state index contributed by atoms with van der Waals surface area (Å²) in [6, 6.07) is 22.4. The van der Waals surface area contributed by atoms with Gasteiger partial charge < -0.3 is 26.4 Å². The van der Waals surface area contributed by atoms with Gasteiger partial charge in [-0.3, -0.25) is 34.2 Å². The van der Waals surface area contributed by atoms with E-state index in [0.717, 1.165) is 16.2 Å². The topological polar surface area (TPSA) is 200 Å². The normalized spacial score (nSPS) is 18.3. The molecule has 1 unspecified atom stereocenters. The van der Waals surface area contributed by atoms with Crippen molar-refractivity contribution < 1.29 is 29.1 Å². The molecule has 0 saturated carbocycles. The molecular formula is C37H36N8O6. The standard InChI is InChI=1S/C37H36N8O6/c38-33-28(19-26(42-43-33)23-9-4-5-12-29(23)46)44-17-15-37(16-18-44,22-7-2-1-3-8-22)21-40-31(48)20-39-25-11-6-10-24-32(25)36(51)45(35(24)50)27-13-14-30(47)41-34(27)49/h1-12,19,27,39,46H,13-18,20-21H2,(H2,38,43)(H,40,48)(H,41,47,49). The molecule has 4 heterocycles. The Hall–Kier alpha value is -6.31. The summed E-state index contributed by atoms with van der Waals surface area (Å²) in [6.07, 6.45) is 1.45. The Morgan fingerprint density at radius 2 is 1.65 bits per heavy atom. The molecule has 0 aliphatic carbocycles. The van der Waals surface area contributed by atoms with Crippen LogP contribution in [0.15, 0.2) is 78.9 Å². The molecule has 0 bridgehead atoms. The fourth-order valence-corrected chi connectivity index (χ4v) is 7.17. The first-order valence-corrected chi connectivity index (χ1v) is 16.7. The first-order valence-electron chi connectivity index (χ1n) is 16.7. The zero-order valence-corrected chi connectivity index (χ0v) is 27.6. The Morgan fingerprint density at radius 3 is 2.39 bits per heavy atom. The molecule has 14 nitrogen and oxygen atoms in total. The zero-order chi connectivity index (χ0) is 35.7. The van der Waals surface area contributed by atoms with Crippen molar-refractivity contribution in [3.63, 3.8) is 0 Å². The van der Waals surface area contributed by atoms with Gasteiger partial charge in [0.05, 0.1) is 29.1 Å². The van der Waals surface area contributed by atoms with Crippen LogP contribution in [0, 0.1) is 0 Å². The first-order chi connectivity index (χ1) is 24.6. The molecule has 51 heavy (non-hydrogen) atoms. The molecule has 3 aliphatic heterocycles. The minimum Gasteiger partial charge on any atom is -0.507 e. The molecule has 3 aliphatic rings. The van der Waals surface area contributed by atoms with Gasteiger partial charge in [-0.05, 0) is 55.2 Å². The first kappa shape index (κ1) is 33.2. The van der Waals surface area contributed by atoms with Crippen LogP contribution in [0.2, 0.25) is 0 Å². The molecule has 6 N–H and O–H groups in total. The number of fused-ring (bicyclic) bond motifs is 1. The Morgan fingerprint density at radius 1 is 0.922 bits per heavy atom. The SMILES string of the molecule is Nc1nnc(-c2ccccc2O)cc1N1CCC(CNC(=O)CNc2cccc3c2C(=O)N(C2CCC(=O)NC2=O)C3=O)(c2ccccc2)CC1. The number of nitrogen functional groups attached to an aromatic ring is 1. The summed E-state index contributed by atoms with van der Waals surface area (Å²) in [5.41, 5.74) is 9.29. The molecule has 1 atom stereocenters. The molecular weight excluding hydrogens is 652 g/mol. The van der Waals surface area contributed by atoms with Gasteiger partial charge in [-0.25, -0.2) is 0 Å². The number of carbonyl (C=O) groups excluding carboxylic acids is 5. The van der Waals surface area contributed by atoms with Crippen molar-refractivity contribution >= 4 is 46.7 Å². The number of anilines is 3. The van der Waals surface area contributed by atoms with Gasteiger partial charge in [0.1, 0.15) is 11.8 Å². The fourth-order valence-electron chi connectivity index (χ4n) is 7.17. The third-order valence-corrected chi connectivity index (χ3v) is 9.96. The number of nitrogens with one attached hydrogen (secondary N) is 3. The summed E-state index contributed by atoms with van der Waals surface area (Å²) in [6.45, 7) is 1.43. The van der Waals surface area contributed by atoms with Crippen LogP contribution in [0.25, 0.3) is 11.3 Å². The Bertz CT molecular complexity index is 2050. The number of phenols is 1. The Balaban J connectivity index is 1.03. The zero-order valence-electron chi connectivity index (χ0n) is 27.6. The van der Waals surface area contributed by atoms with E-state index in [1.54, 1.807) is 30.3 Å². The number of piperidine rings is 2. The molecule has 0 spiro atoms. The average molecular weight is 689 g/mol. The van der Waals surface area contributed by atoms with Gasteiger partial charge in [0.15, 0.2) is 5.82 Å². The highest BCUT2D eigenvalue weighted by Crippen LogP contribution is 2.39. The van der Waals surface area contributed by atoms with Crippen molar-refractivity contribution in [2.45, 2.75) is 37.1 Å². The van der Waals surface area contributed by atoms with Crippen molar-refractivity contribution in [3.05, 3.63) is 95.6 Å². The largest absolute Gasteiger partial charge is 0.507 e. The van der Waals surface area contributed by atoms with Crippen molar-refractivity contribution in [3.8, 4) is 17.0 Å². The number of aromatic nitrogens is 2.